The van der Waals surface area contributed by atoms with Gasteiger partial charge in [0.2, 0.25) is 17.6 Å². The Morgan fingerprint density at radius 3 is 2.70 bits per heavy atom. The van der Waals surface area contributed by atoms with E-state index in [2.05, 4.69) is 15.5 Å². The van der Waals surface area contributed by atoms with Gasteiger partial charge in [-0.25, -0.2) is 0 Å². The Hall–Kier alpha value is -3.81. The van der Waals surface area contributed by atoms with Crippen LogP contribution in [-0.2, 0) is 4.79 Å². The molecule has 0 aliphatic carbocycles. The molecule has 0 saturated carbocycles. The summed E-state index contributed by atoms with van der Waals surface area (Å²) >= 11 is 0. The molecule has 0 fully saturated rings. The monoisotopic (exact) mass is 406 g/mol. The Bertz CT molecular complexity index is 1050. The molecule has 1 aromatic heterocycles. The van der Waals surface area contributed by atoms with Gasteiger partial charge in [0.05, 0.1) is 4.92 Å². The number of rotatable bonds is 8. The van der Waals surface area contributed by atoms with E-state index < -0.39 is 11.0 Å². The minimum absolute atomic E-state index is 0.0393. The zero-order valence-corrected chi connectivity index (χ0v) is 16.7. The number of nitrogens with zero attached hydrogens (tertiary/aromatic N) is 3. The topological polar surface area (TPSA) is 111 Å². The second kappa shape index (κ2) is 9.60. The van der Waals surface area contributed by atoms with E-state index in [1.807, 2.05) is 44.2 Å². The van der Waals surface area contributed by atoms with E-state index in [-0.39, 0.29) is 29.2 Å². The number of nitro benzene ring substituents is 1. The van der Waals surface area contributed by atoms with Crippen LogP contribution in [0.25, 0.3) is 17.5 Å². The van der Waals surface area contributed by atoms with E-state index in [0.717, 1.165) is 12.0 Å². The second-order valence-electron chi connectivity index (χ2n) is 6.88. The van der Waals surface area contributed by atoms with Crippen LogP contribution < -0.4 is 5.32 Å². The molecule has 1 amide bonds. The summed E-state index contributed by atoms with van der Waals surface area (Å²) < 4.78 is 5.40. The van der Waals surface area contributed by atoms with Crippen molar-refractivity contribution in [1.29, 1.82) is 0 Å². The van der Waals surface area contributed by atoms with E-state index in [9.17, 15) is 14.9 Å². The highest BCUT2D eigenvalue weighted by Gasteiger charge is 2.26. The van der Waals surface area contributed by atoms with Crippen molar-refractivity contribution in [1.82, 2.24) is 15.5 Å². The Morgan fingerprint density at radius 2 is 2.00 bits per heavy atom. The van der Waals surface area contributed by atoms with Crippen molar-refractivity contribution in [2.24, 2.45) is 5.92 Å². The number of benzene rings is 2. The Balaban J connectivity index is 1.79. The summed E-state index contributed by atoms with van der Waals surface area (Å²) in [6.45, 7) is 3.98. The first-order valence-corrected chi connectivity index (χ1v) is 9.60. The SMILES string of the molecule is CC[C@@H](C)[C@@H](NC(=O)/C=C/c1ccccc1)c1nc(-c2cccc([N+](=O)[O-])c2)no1. The van der Waals surface area contributed by atoms with Crippen molar-refractivity contribution in [2.75, 3.05) is 0 Å². The highest BCUT2D eigenvalue weighted by Crippen LogP contribution is 2.27. The number of amides is 1. The van der Waals surface area contributed by atoms with Crippen LogP contribution in [0.15, 0.2) is 65.2 Å². The normalized spacial score (nSPS) is 13.1. The molecule has 1 heterocycles. The van der Waals surface area contributed by atoms with E-state index >= 15 is 0 Å². The lowest BCUT2D eigenvalue weighted by Gasteiger charge is -2.19. The Morgan fingerprint density at radius 1 is 1.23 bits per heavy atom. The molecule has 2 atom stereocenters. The third-order valence-corrected chi connectivity index (χ3v) is 4.76. The van der Waals surface area contributed by atoms with Gasteiger partial charge in [0.25, 0.3) is 5.69 Å². The van der Waals surface area contributed by atoms with Gasteiger partial charge in [-0.3, -0.25) is 14.9 Å². The largest absolute Gasteiger partial charge is 0.340 e. The maximum absolute atomic E-state index is 12.5. The van der Waals surface area contributed by atoms with Crippen LogP contribution in [0.5, 0.6) is 0 Å². The quantitative estimate of drug-likeness (QED) is 0.333. The van der Waals surface area contributed by atoms with Crippen molar-refractivity contribution in [3.05, 3.63) is 82.2 Å². The van der Waals surface area contributed by atoms with Crippen molar-refractivity contribution < 1.29 is 14.2 Å². The first-order valence-electron chi connectivity index (χ1n) is 9.60. The van der Waals surface area contributed by atoms with Crippen LogP contribution in [0, 0.1) is 16.0 Å². The molecular formula is C22H22N4O4. The number of hydrogen-bond acceptors (Lipinski definition) is 6. The summed E-state index contributed by atoms with van der Waals surface area (Å²) in [4.78, 5) is 27.4. The molecule has 154 valence electrons. The number of aromatic nitrogens is 2. The molecule has 3 rings (SSSR count). The summed E-state index contributed by atoms with van der Waals surface area (Å²) in [5.74, 6) is 0.250. The number of carbonyl (C=O) groups is 1. The Kier molecular flexibility index (Phi) is 6.69. The molecule has 3 aromatic rings. The Labute approximate surface area is 173 Å². The molecule has 8 heteroatoms. The molecule has 0 saturated heterocycles. The number of non-ortho nitro benzene ring substituents is 1. The van der Waals surface area contributed by atoms with Crippen LogP contribution in [0.4, 0.5) is 5.69 Å². The highest BCUT2D eigenvalue weighted by atomic mass is 16.6. The number of nitro groups is 1. The number of hydrogen-bond donors (Lipinski definition) is 1. The second-order valence-corrected chi connectivity index (χ2v) is 6.88. The molecule has 2 aromatic carbocycles. The predicted molar refractivity (Wildman–Crippen MR) is 112 cm³/mol. The lowest BCUT2D eigenvalue weighted by atomic mass is 9.99. The summed E-state index contributed by atoms with van der Waals surface area (Å²) in [6.07, 6.45) is 3.97. The fraction of sp³-hybridized carbons (Fsp3) is 0.227. The molecule has 0 radical (unpaired) electrons. The van der Waals surface area contributed by atoms with Gasteiger partial charge in [0.1, 0.15) is 6.04 Å². The highest BCUT2D eigenvalue weighted by molar-refractivity contribution is 5.91. The van der Waals surface area contributed by atoms with Gasteiger partial charge in [-0.1, -0.05) is 67.9 Å². The van der Waals surface area contributed by atoms with Gasteiger partial charge in [0, 0.05) is 23.8 Å². The number of nitrogens with one attached hydrogen (secondary N) is 1. The summed E-state index contributed by atoms with van der Waals surface area (Å²) in [5, 5.41) is 17.9. The number of carbonyl (C=O) groups excluding carboxylic acids is 1. The van der Waals surface area contributed by atoms with Gasteiger partial charge in [-0.15, -0.1) is 0 Å². The van der Waals surface area contributed by atoms with Crippen molar-refractivity contribution in [3.63, 3.8) is 0 Å². The van der Waals surface area contributed by atoms with Gasteiger partial charge < -0.3 is 9.84 Å². The van der Waals surface area contributed by atoms with Crippen LogP contribution in [0.3, 0.4) is 0 Å². The van der Waals surface area contributed by atoms with Crippen LogP contribution in [-0.4, -0.2) is 21.0 Å². The van der Waals surface area contributed by atoms with Crippen molar-refractivity contribution >= 4 is 17.7 Å². The minimum Gasteiger partial charge on any atom is -0.340 e. The molecule has 30 heavy (non-hydrogen) atoms. The maximum atomic E-state index is 12.5. The van der Waals surface area contributed by atoms with E-state index in [1.54, 1.807) is 18.2 Å². The van der Waals surface area contributed by atoms with E-state index in [4.69, 9.17) is 4.52 Å². The smallest absolute Gasteiger partial charge is 0.270 e. The molecule has 8 nitrogen and oxygen atoms in total. The zero-order valence-electron chi connectivity index (χ0n) is 16.7. The van der Waals surface area contributed by atoms with Crippen LogP contribution >= 0.6 is 0 Å². The van der Waals surface area contributed by atoms with Gasteiger partial charge >= 0.3 is 0 Å². The van der Waals surface area contributed by atoms with Crippen molar-refractivity contribution in [3.8, 4) is 11.4 Å². The van der Waals surface area contributed by atoms with Gasteiger partial charge in [-0.2, -0.15) is 4.98 Å². The summed E-state index contributed by atoms with van der Waals surface area (Å²) in [6, 6.07) is 15.0. The molecule has 0 bridgehead atoms. The standard InChI is InChI=1S/C22H22N4O4/c1-3-15(2)20(23-19(27)13-12-16-8-5-4-6-9-16)22-24-21(25-30-22)17-10-7-11-18(14-17)26(28)29/h4-15,20H,3H2,1-2H3,(H,23,27)/b13-12+/t15-,20-/m1/s1. The van der Waals surface area contributed by atoms with Gasteiger partial charge in [-0.05, 0) is 17.6 Å². The summed E-state index contributed by atoms with van der Waals surface area (Å²) in [5.41, 5.74) is 1.33. The molecular weight excluding hydrogens is 384 g/mol. The average Bonchev–Trinajstić information content (AvgIpc) is 3.26. The molecule has 0 spiro atoms. The first-order chi connectivity index (χ1) is 14.5. The lowest BCUT2D eigenvalue weighted by Crippen LogP contribution is -2.31. The fourth-order valence-electron chi connectivity index (χ4n) is 2.86. The zero-order chi connectivity index (χ0) is 21.5. The third-order valence-electron chi connectivity index (χ3n) is 4.76. The maximum Gasteiger partial charge on any atom is 0.270 e. The first kappa shape index (κ1) is 20.9. The fourth-order valence-corrected chi connectivity index (χ4v) is 2.86. The van der Waals surface area contributed by atoms with Crippen LogP contribution in [0.2, 0.25) is 0 Å². The van der Waals surface area contributed by atoms with E-state index in [1.165, 1.54) is 18.2 Å². The van der Waals surface area contributed by atoms with Crippen molar-refractivity contribution in [2.45, 2.75) is 26.3 Å². The van der Waals surface area contributed by atoms with E-state index in [0.29, 0.717) is 5.56 Å². The minimum atomic E-state index is -0.483. The average molecular weight is 406 g/mol. The molecule has 1 N–H and O–H groups in total. The summed E-state index contributed by atoms with van der Waals surface area (Å²) in [7, 11) is 0. The third kappa shape index (κ3) is 5.16. The molecule has 0 aliphatic rings. The van der Waals surface area contributed by atoms with Crippen LogP contribution in [0.1, 0.15) is 37.8 Å². The lowest BCUT2D eigenvalue weighted by molar-refractivity contribution is -0.384. The molecule has 0 aliphatic heterocycles. The van der Waals surface area contributed by atoms with Gasteiger partial charge in [0.15, 0.2) is 0 Å². The predicted octanol–water partition coefficient (Wildman–Crippen LogP) is 4.56. The molecule has 0 unspecified atom stereocenters.